The summed E-state index contributed by atoms with van der Waals surface area (Å²) in [6, 6.07) is 14.5. The second-order valence-electron chi connectivity index (χ2n) is 7.96. The van der Waals surface area contributed by atoms with E-state index in [0.29, 0.717) is 12.0 Å². The molecule has 4 rings (SSSR count). The number of carbonyl (C=O) groups excluding carboxylic acids is 2. The number of nitrogens with one attached hydrogen (secondary N) is 1. The molecule has 1 aliphatic rings. The molecule has 1 heterocycles. The second-order valence-corrected chi connectivity index (χ2v) is 7.96. The summed E-state index contributed by atoms with van der Waals surface area (Å²) in [4.78, 5) is 27.7. The lowest BCUT2D eigenvalue weighted by Crippen LogP contribution is -2.34. The fourth-order valence-corrected chi connectivity index (χ4v) is 3.85. The van der Waals surface area contributed by atoms with Crippen LogP contribution in [0.25, 0.3) is 5.57 Å². The molecule has 2 amide bonds. The van der Waals surface area contributed by atoms with Gasteiger partial charge in [-0.15, -0.1) is 0 Å². The van der Waals surface area contributed by atoms with E-state index >= 15 is 0 Å². The zero-order valence-corrected chi connectivity index (χ0v) is 18.1. The van der Waals surface area contributed by atoms with Gasteiger partial charge in [0, 0.05) is 18.3 Å². The Hall–Kier alpha value is -3.87. The average Bonchev–Trinajstić information content (AvgIpc) is 3.00. The van der Waals surface area contributed by atoms with Crippen molar-refractivity contribution >= 4 is 23.1 Å². The van der Waals surface area contributed by atoms with Crippen LogP contribution in [0.1, 0.15) is 22.3 Å². The highest BCUT2D eigenvalue weighted by molar-refractivity contribution is 6.36. The molecule has 7 heteroatoms. The largest absolute Gasteiger partial charge is 0.350 e. The Morgan fingerprint density at radius 1 is 0.818 bits per heavy atom. The minimum Gasteiger partial charge on any atom is -0.350 e. The first-order valence-corrected chi connectivity index (χ1v) is 10.4. The number of hydrogen-bond acceptors (Lipinski definition) is 3. The lowest BCUT2D eigenvalue weighted by Gasteiger charge is -2.15. The lowest BCUT2D eigenvalue weighted by atomic mass is 9.97. The predicted octanol–water partition coefficient (Wildman–Crippen LogP) is 5.16. The predicted molar refractivity (Wildman–Crippen MR) is 120 cm³/mol. The molecule has 0 bridgehead atoms. The van der Waals surface area contributed by atoms with Crippen molar-refractivity contribution in [3.63, 3.8) is 0 Å². The standard InChI is InChI=1S/C26H21F3N2O2/c1-15-3-9-20(16(2)13-15)23-24(30-19-8-10-21(28)22(29)14-19)26(33)31(25(23)32)12-11-17-4-6-18(27)7-5-17/h3-10,13-14,30H,11-12H2,1-2H3. The number of imide groups is 1. The molecular formula is C26H21F3N2O2. The Morgan fingerprint density at radius 3 is 2.21 bits per heavy atom. The molecule has 0 saturated heterocycles. The normalized spacial score (nSPS) is 13.8. The third-order valence-electron chi connectivity index (χ3n) is 5.55. The Morgan fingerprint density at radius 2 is 1.55 bits per heavy atom. The van der Waals surface area contributed by atoms with E-state index in [2.05, 4.69) is 5.32 Å². The Labute approximate surface area is 189 Å². The van der Waals surface area contributed by atoms with Crippen LogP contribution in [-0.2, 0) is 16.0 Å². The topological polar surface area (TPSA) is 49.4 Å². The maximum atomic E-state index is 13.7. The Balaban J connectivity index is 1.70. The first-order chi connectivity index (χ1) is 15.7. The molecule has 0 aromatic heterocycles. The van der Waals surface area contributed by atoms with Crippen LogP contribution in [0.15, 0.2) is 66.4 Å². The second kappa shape index (κ2) is 8.94. The van der Waals surface area contributed by atoms with Gasteiger partial charge in [0.2, 0.25) is 0 Å². The van der Waals surface area contributed by atoms with Gasteiger partial charge in [-0.25, -0.2) is 13.2 Å². The highest BCUT2D eigenvalue weighted by Gasteiger charge is 2.39. The number of benzene rings is 3. The van der Waals surface area contributed by atoms with Gasteiger partial charge in [-0.1, -0.05) is 35.9 Å². The third-order valence-corrected chi connectivity index (χ3v) is 5.55. The van der Waals surface area contributed by atoms with Gasteiger partial charge >= 0.3 is 0 Å². The summed E-state index contributed by atoms with van der Waals surface area (Å²) >= 11 is 0. The fraction of sp³-hybridized carbons (Fsp3) is 0.154. The minimum absolute atomic E-state index is 0.00272. The Bertz CT molecular complexity index is 1280. The van der Waals surface area contributed by atoms with Crippen molar-refractivity contribution in [1.29, 1.82) is 0 Å². The van der Waals surface area contributed by atoms with Gasteiger partial charge in [0.05, 0.1) is 5.57 Å². The maximum Gasteiger partial charge on any atom is 0.278 e. The molecule has 168 valence electrons. The van der Waals surface area contributed by atoms with Crippen LogP contribution >= 0.6 is 0 Å². The summed E-state index contributed by atoms with van der Waals surface area (Å²) in [6.45, 7) is 3.84. The van der Waals surface area contributed by atoms with Crippen LogP contribution in [0.5, 0.6) is 0 Å². The molecule has 3 aromatic carbocycles. The van der Waals surface area contributed by atoms with Crippen molar-refractivity contribution in [3.8, 4) is 0 Å². The van der Waals surface area contributed by atoms with Crippen LogP contribution in [0.2, 0.25) is 0 Å². The van der Waals surface area contributed by atoms with Gasteiger partial charge in [0.15, 0.2) is 11.6 Å². The average molecular weight is 450 g/mol. The number of nitrogens with zero attached hydrogens (tertiary/aromatic N) is 1. The zero-order chi connectivity index (χ0) is 23.7. The first-order valence-electron chi connectivity index (χ1n) is 10.4. The van der Waals surface area contributed by atoms with E-state index in [4.69, 9.17) is 0 Å². The van der Waals surface area contributed by atoms with Crippen LogP contribution in [-0.4, -0.2) is 23.3 Å². The number of aryl methyl sites for hydroxylation is 2. The molecule has 1 aliphatic heterocycles. The lowest BCUT2D eigenvalue weighted by molar-refractivity contribution is -0.136. The van der Waals surface area contributed by atoms with Crippen molar-refractivity contribution in [2.24, 2.45) is 0 Å². The van der Waals surface area contributed by atoms with Gasteiger partial charge in [-0.05, 0) is 61.2 Å². The summed E-state index contributed by atoms with van der Waals surface area (Å²) < 4.78 is 40.3. The number of amides is 2. The summed E-state index contributed by atoms with van der Waals surface area (Å²) in [5.74, 6) is -3.51. The molecule has 0 atom stereocenters. The van der Waals surface area contributed by atoms with Crippen LogP contribution in [0.4, 0.5) is 18.9 Å². The van der Waals surface area contributed by atoms with Crippen LogP contribution in [0, 0.1) is 31.3 Å². The zero-order valence-electron chi connectivity index (χ0n) is 18.1. The minimum atomic E-state index is -1.07. The monoisotopic (exact) mass is 450 g/mol. The van der Waals surface area contributed by atoms with E-state index < -0.39 is 23.4 Å². The molecular weight excluding hydrogens is 429 g/mol. The fourth-order valence-electron chi connectivity index (χ4n) is 3.85. The van der Waals surface area contributed by atoms with E-state index in [1.54, 1.807) is 18.2 Å². The summed E-state index contributed by atoms with van der Waals surface area (Å²) in [6.07, 6.45) is 0.344. The molecule has 0 saturated carbocycles. The maximum absolute atomic E-state index is 13.7. The molecule has 4 nitrogen and oxygen atoms in total. The van der Waals surface area contributed by atoms with Crippen molar-refractivity contribution < 1.29 is 22.8 Å². The molecule has 33 heavy (non-hydrogen) atoms. The molecule has 0 unspecified atom stereocenters. The summed E-state index contributed by atoms with van der Waals surface area (Å²) in [5, 5.41) is 2.83. The number of rotatable bonds is 6. The van der Waals surface area contributed by atoms with E-state index in [1.165, 1.54) is 18.2 Å². The van der Waals surface area contributed by atoms with E-state index in [-0.39, 0.29) is 29.3 Å². The number of anilines is 1. The molecule has 1 N–H and O–H groups in total. The summed E-state index contributed by atoms with van der Waals surface area (Å²) in [5.41, 5.74) is 3.46. The van der Waals surface area contributed by atoms with E-state index in [0.717, 1.165) is 33.7 Å². The molecule has 0 radical (unpaired) electrons. The van der Waals surface area contributed by atoms with Crippen molar-refractivity contribution in [1.82, 2.24) is 4.90 Å². The molecule has 0 spiro atoms. The highest BCUT2D eigenvalue weighted by atomic mass is 19.2. The Kier molecular flexibility index (Phi) is 6.05. The van der Waals surface area contributed by atoms with Gasteiger partial charge in [-0.3, -0.25) is 14.5 Å². The van der Waals surface area contributed by atoms with Crippen molar-refractivity contribution in [3.05, 3.63) is 106 Å². The van der Waals surface area contributed by atoms with Crippen molar-refractivity contribution in [2.45, 2.75) is 20.3 Å². The van der Waals surface area contributed by atoms with Gasteiger partial charge in [0.1, 0.15) is 11.5 Å². The first kappa shape index (κ1) is 22.3. The quantitative estimate of drug-likeness (QED) is 0.528. The number of hydrogen-bond donors (Lipinski definition) is 1. The number of carbonyl (C=O) groups is 2. The van der Waals surface area contributed by atoms with E-state index in [1.807, 2.05) is 26.0 Å². The molecule has 3 aromatic rings. The third kappa shape index (κ3) is 4.53. The number of halogens is 3. The van der Waals surface area contributed by atoms with Crippen molar-refractivity contribution in [2.75, 3.05) is 11.9 Å². The van der Waals surface area contributed by atoms with Gasteiger partial charge < -0.3 is 5.32 Å². The van der Waals surface area contributed by atoms with Crippen LogP contribution < -0.4 is 5.32 Å². The smallest absolute Gasteiger partial charge is 0.278 e. The summed E-state index contributed by atoms with van der Waals surface area (Å²) in [7, 11) is 0. The molecule has 0 fully saturated rings. The molecule has 0 aliphatic carbocycles. The van der Waals surface area contributed by atoms with Crippen LogP contribution in [0.3, 0.4) is 0 Å². The van der Waals surface area contributed by atoms with E-state index in [9.17, 15) is 22.8 Å². The van der Waals surface area contributed by atoms with Gasteiger partial charge in [0.25, 0.3) is 11.8 Å². The van der Waals surface area contributed by atoms with Gasteiger partial charge in [-0.2, -0.15) is 0 Å². The SMILES string of the molecule is Cc1ccc(C2=C(Nc3ccc(F)c(F)c3)C(=O)N(CCc3ccc(F)cc3)C2=O)c(C)c1. The highest BCUT2D eigenvalue weighted by Crippen LogP contribution is 2.33.